The highest BCUT2D eigenvalue weighted by atomic mass is 15.2. The van der Waals surface area contributed by atoms with Gasteiger partial charge in [-0.3, -0.25) is 4.98 Å². The standard InChI is InChI=1S/C57H35N11/c1-6-18-38-36(16-1)31-60-67-54(38)50-39(45-27-35-15-3-9-21-42(35)65-66-45)29-46-51(53(50)57-59-30-37-17-4-8-20-41(37)64-57)52(48-32-58-43-22-10-11-23-44(43)62-48)56(68-26-25-33-13-5-12-24-49(33)68)55(63-46)47-28-34-14-2-7-19-40(34)61-47/h1-24,27-32,61H,25-26H2. The van der Waals surface area contributed by atoms with Crippen molar-refractivity contribution in [1.82, 2.24) is 50.3 Å². The first-order chi connectivity index (χ1) is 33.7. The van der Waals surface area contributed by atoms with Crippen LogP contribution in [0.3, 0.4) is 0 Å². The molecule has 0 saturated carbocycles. The fourth-order valence-electron chi connectivity index (χ4n) is 10.1. The zero-order chi connectivity index (χ0) is 44.7. The van der Waals surface area contributed by atoms with Gasteiger partial charge in [-0.15, -0.1) is 15.3 Å². The normalized spacial score (nSPS) is 12.6. The lowest BCUT2D eigenvalue weighted by Gasteiger charge is -2.28. The van der Waals surface area contributed by atoms with Gasteiger partial charge in [-0.2, -0.15) is 5.10 Å². The van der Waals surface area contributed by atoms with E-state index in [0.717, 1.165) is 106 Å². The summed E-state index contributed by atoms with van der Waals surface area (Å²) in [7, 11) is 0. The molecular formula is C57H35N11. The molecule has 14 rings (SSSR count). The monoisotopic (exact) mass is 873 g/mol. The molecule has 1 aliphatic rings. The topological polar surface area (TPSA) is 135 Å². The first-order valence-corrected chi connectivity index (χ1v) is 22.6. The fourth-order valence-corrected chi connectivity index (χ4v) is 10.1. The second-order valence-corrected chi connectivity index (χ2v) is 17.1. The number of hydrogen-bond acceptors (Lipinski definition) is 10. The van der Waals surface area contributed by atoms with Crippen molar-refractivity contribution in [2.45, 2.75) is 6.42 Å². The molecule has 0 atom stereocenters. The number of anilines is 2. The summed E-state index contributed by atoms with van der Waals surface area (Å²) < 4.78 is 0. The van der Waals surface area contributed by atoms with E-state index in [4.69, 9.17) is 40.2 Å². The molecular weight excluding hydrogens is 839 g/mol. The van der Waals surface area contributed by atoms with Crippen molar-refractivity contribution in [2.75, 3.05) is 11.4 Å². The number of aromatic nitrogens is 10. The maximum atomic E-state index is 5.84. The van der Waals surface area contributed by atoms with Crippen LogP contribution in [0.5, 0.6) is 0 Å². The Morgan fingerprint density at radius 2 is 1.22 bits per heavy atom. The number of nitrogens with zero attached hydrogens (tertiary/aromatic N) is 10. The molecule has 11 heteroatoms. The molecule has 7 aromatic carbocycles. The van der Waals surface area contributed by atoms with Gasteiger partial charge in [0.05, 0.1) is 62.7 Å². The number of rotatable bonds is 6. The predicted octanol–water partition coefficient (Wildman–Crippen LogP) is 12.5. The van der Waals surface area contributed by atoms with E-state index in [-0.39, 0.29) is 0 Å². The van der Waals surface area contributed by atoms with Gasteiger partial charge in [0, 0.05) is 78.5 Å². The van der Waals surface area contributed by atoms with Crippen molar-refractivity contribution >= 4 is 76.8 Å². The van der Waals surface area contributed by atoms with Crippen molar-refractivity contribution in [3.05, 3.63) is 188 Å². The Kier molecular flexibility index (Phi) is 8.44. The summed E-state index contributed by atoms with van der Waals surface area (Å²) in [6, 6.07) is 55.6. The summed E-state index contributed by atoms with van der Waals surface area (Å²) >= 11 is 0. The van der Waals surface area contributed by atoms with Crippen molar-refractivity contribution in [2.24, 2.45) is 0 Å². The van der Waals surface area contributed by atoms with Crippen LogP contribution in [0, 0.1) is 0 Å². The summed E-state index contributed by atoms with van der Waals surface area (Å²) in [5, 5.41) is 25.0. The van der Waals surface area contributed by atoms with Crippen molar-refractivity contribution in [1.29, 1.82) is 0 Å². The second kappa shape index (κ2) is 15.1. The molecule has 0 amide bonds. The molecule has 0 fully saturated rings. The minimum Gasteiger partial charge on any atom is -0.353 e. The molecule has 0 unspecified atom stereocenters. The van der Waals surface area contributed by atoms with Gasteiger partial charge in [0.15, 0.2) is 5.82 Å². The first-order valence-electron chi connectivity index (χ1n) is 22.6. The molecule has 1 N–H and O–H groups in total. The van der Waals surface area contributed by atoms with E-state index in [9.17, 15) is 0 Å². The van der Waals surface area contributed by atoms with Gasteiger partial charge < -0.3 is 9.88 Å². The smallest absolute Gasteiger partial charge is 0.161 e. The van der Waals surface area contributed by atoms with E-state index >= 15 is 0 Å². The SMILES string of the molecule is c1ccc2c(c1)CCN2c1c(-c2cc3ccccc3[nH]2)nc2cc(-c3cc4ccccc4nn3)c(-c3nncc4ccccc34)c(-c3ncc4ccccc4n3)c2c1-c1cnc2ccccc2n1. The van der Waals surface area contributed by atoms with Crippen molar-refractivity contribution in [3.63, 3.8) is 0 Å². The lowest BCUT2D eigenvalue weighted by Crippen LogP contribution is -2.17. The van der Waals surface area contributed by atoms with E-state index in [0.29, 0.717) is 40.5 Å². The minimum atomic E-state index is 0.483. The average molecular weight is 874 g/mol. The van der Waals surface area contributed by atoms with Crippen molar-refractivity contribution in [3.8, 4) is 56.5 Å². The molecule has 68 heavy (non-hydrogen) atoms. The molecule has 6 aromatic heterocycles. The molecule has 0 bridgehead atoms. The number of hydrogen-bond donors (Lipinski definition) is 1. The Labute approximate surface area is 387 Å². The third-order valence-electron chi connectivity index (χ3n) is 13.2. The highest BCUT2D eigenvalue weighted by molar-refractivity contribution is 6.19. The van der Waals surface area contributed by atoms with E-state index in [1.54, 1.807) is 6.20 Å². The maximum Gasteiger partial charge on any atom is 0.161 e. The summed E-state index contributed by atoms with van der Waals surface area (Å²) in [4.78, 5) is 33.3. The van der Waals surface area contributed by atoms with Gasteiger partial charge in [0.1, 0.15) is 11.4 Å². The van der Waals surface area contributed by atoms with Crippen molar-refractivity contribution < 1.29 is 0 Å². The van der Waals surface area contributed by atoms with Crippen LogP contribution < -0.4 is 4.90 Å². The zero-order valence-electron chi connectivity index (χ0n) is 36.2. The van der Waals surface area contributed by atoms with E-state index in [1.807, 2.05) is 91.3 Å². The van der Waals surface area contributed by atoms with Gasteiger partial charge in [0.2, 0.25) is 0 Å². The average Bonchev–Trinajstić information content (AvgIpc) is 4.04. The highest BCUT2D eigenvalue weighted by Gasteiger charge is 2.34. The van der Waals surface area contributed by atoms with Crippen LogP contribution in [0.1, 0.15) is 5.56 Å². The number of aromatic amines is 1. The quantitative estimate of drug-likeness (QED) is 0.172. The number of nitrogens with one attached hydrogen (secondary N) is 1. The molecule has 0 aliphatic carbocycles. The van der Waals surface area contributed by atoms with Gasteiger partial charge >= 0.3 is 0 Å². The Morgan fingerprint density at radius 3 is 2.12 bits per heavy atom. The van der Waals surface area contributed by atoms with E-state index in [1.165, 1.54) is 5.56 Å². The van der Waals surface area contributed by atoms with E-state index < -0.39 is 0 Å². The lowest BCUT2D eigenvalue weighted by molar-refractivity contribution is 0.996. The Hall–Kier alpha value is -9.35. The van der Waals surface area contributed by atoms with E-state index in [2.05, 4.69) is 99.9 Å². The largest absolute Gasteiger partial charge is 0.353 e. The first kappa shape index (κ1) is 38.0. The third-order valence-corrected chi connectivity index (χ3v) is 13.2. The minimum absolute atomic E-state index is 0.483. The molecule has 0 saturated heterocycles. The number of para-hydroxylation sites is 5. The molecule has 0 radical (unpaired) electrons. The van der Waals surface area contributed by atoms with Crippen LogP contribution in [0.2, 0.25) is 0 Å². The molecule has 7 heterocycles. The molecule has 318 valence electrons. The predicted molar refractivity (Wildman–Crippen MR) is 270 cm³/mol. The van der Waals surface area contributed by atoms with Crippen LogP contribution in [0.25, 0.3) is 122 Å². The van der Waals surface area contributed by atoms with Crippen LogP contribution in [-0.2, 0) is 6.42 Å². The fraction of sp³-hybridized carbons (Fsp3) is 0.0351. The van der Waals surface area contributed by atoms with Crippen LogP contribution >= 0.6 is 0 Å². The molecule has 11 nitrogen and oxygen atoms in total. The van der Waals surface area contributed by atoms with Gasteiger partial charge in [-0.05, 0) is 66.6 Å². The molecule has 0 spiro atoms. The molecule has 1 aliphatic heterocycles. The zero-order valence-corrected chi connectivity index (χ0v) is 36.2. The van der Waals surface area contributed by atoms with Crippen LogP contribution in [0.4, 0.5) is 11.4 Å². The van der Waals surface area contributed by atoms with Gasteiger partial charge in [-0.25, -0.2) is 19.9 Å². The van der Waals surface area contributed by atoms with Crippen LogP contribution in [-0.4, -0.2) is 56.8 Å². The lowest BCUT2D eigenvalue weighted by atomic mass is 9.86. The number of pyridine rings is 1. The highest BCUT2D eigenvalue weighted by Crippen LogP contribution is 2.53. The Balaban J connectivity index is 1.24. The number of benzene rings is 7. The van der Waals surface area contributed by atoms with Gasteiger partial charge in [0.25, 0.3) is 0 Å². The molecule has 13 aromatic rings. The second-order valence-electron chi connectivity index (χ2n) is 17.1. The Morgan fingerprint density at radius 1 is 0.471 bits per heavy atom. The number of fused-ring (bicyclic) bond motifs is 7. The third kappa shape index (κ3) is 6.02. The maximum absolute atomic E-state index is 5.84. The summed E-state index contributed by atoms with van der Waals surface area (Å²) in [5.41, 5.74) is 14.6. The summed E-state index contributed by atoms with van der Waals surface area (Å²) in [6.07, 6.45) is 6.43. The van der Waals surface area contributed by atoms with Gasteiger partial charge in [-0.1, -0.05) is 109 Å². The summed E-state index contributed by atoms with van der Waals surface area (Å²) in [6.45, 7) is 0.710. The van der Waals surface area contributed by atoms with Crippen LogP contribution in [0.15, 0.2) is 182 Å². The summed E-state index contributed by atoms with van der Waals surface area (Å²) in [5.74, 6) is 0.483. The number of H-pyrrole nitrogens is 1. The Bertz CT molecular complexity index is 4160.